The first-order valence-electron chi connectivity index (χ1n) is 15.5. The topological polar surface area (TPSA) is 0 Å². The molecule has 1 atom stereocenters. The predicted molar refractivity (Wildman–Crippen MR) is 181 cm³/mol. The molecule has 0 amide bonds. The summed E-state index contributed by atoms with van der Waals surface area (Å²) >= 11 is 1.46. The molecule has 6 rings (SSSR count). The second kappa shape index (κ2) is 18.5. The molecule has 0 nitrogen and oxygen atoms in total. The molecule has 0 saturated heterocycles. The van der Waals surface area contributed by atoms with Gasteiger partial charge < -0.3 is 24.8 Å². The SMILES string of the molecule is CCC1=[C-]C(CC)C(CC)=C1CC.Cc1ccc2c(c1)[cH-]c1cc(C)ccc12.[Cl-].[Cl-].[Zr+2]=[C](c1ccccc1)c1ccccc1. The molecular weight excluding hydrogens is 655 g/mol. The van der Waals surface area contributed by atoms with Gasteiger partial charge in [0, 0.05) is 0 Å². The molecule has 0 spiro atoms. The molecule has 0 heterocycles. The molecule has 5 aromatic carbocycles. The van der Waals surface area contributed by atoms with Crippen LogP contribution in [-0.4, -0.2) is 3.21 Å². The quantitative estimate of drug-likeness (QED) is 0.208. The Hall–Kier alpha value is -2.44. The van der Waals surface area contributed by atoms with E-state index in [1.54, 1.807) is 11.1 Å². The van der Waals surface area contributed by atoms with Crippen molar-refractivity contribution in [2.45, 2.75) is 67.2 Å². The van der Waals surface area contributed by atoms with E-state index in [1.807, 2.05) is 0 Å². The molecule has 228 valence electrons. The minimum absolute atomic E-state index is 0. The van der Waals surface area contributed by atoms with E-state index in [0.717, 1.165) is 6.42 Å². The van der Waals surface area contributed by atoms with Crippen LogP contribution in [0.3, 0.4) is 0 Å². The Bertz CT molecular complexity index is 1590. The van der Waals surface area contributed by atoms with Gasteiger partial charge in [-0.25, -0.2) is 5.57 Å². The van der Waals surface area contributed by atoms with E-state index in [-0.39, 0.29) is 24.8 Å². The molecule has 0 radical (unpaired) electrons. The molecule has 0 saturated carbocycles. The van der Waals surface area contributed by atoms with Crippen molar-refractivity contribution in [3.63, 3.8) is 0 Å². The summed E-state index contributed by atoms with van der Waals surface area (Å²) in [6.07, 6.45) is 8.41. The number of hydrogen-bond donors (Lipinski definition) is 0. The number of halogens is 2. The van der Waals surface area contributed by atoms with E-state index in [1.165, 1.54) is 96.1 Å². The first-order valence-corrected chi connectivity index (χ1v) is 16.7. The molecule has 0 aliphatic heterocycles. The van der Waals surface area contributed by atoms with Gasteiger partial charge in [-0.3, -0.25) is 6.08 Å². The third kappa shape index (κ3) is 9.29. The molecule has 1 aliphatic rings. The minimum atomic E-state index is 0. The Morgan fingerprint density at radius 2 is 1.14 bits per heavy atom. The summed E-state index contributed by atoms with van der Waals surface area (Å²) in [6.45, 7) is 13.3. The van der Waals surface area contributed by atoms with Crippen LogP contribution in [0.1, 0.15) is 75.6 Å². The Morgan fingerprint density at radius 1 is 0.659 bits per heavy atom. The summed E-state index contributed by atoms with van der Waals surface area (Å²) < 4.78 is 1.42. The maximum atomic E-state index is 3.63. The van der Waals surface area contributed by atoms with Crippen LogP contribution in [0.5, 0.6) is 0 Å². The molecule has 0 fully saturated rings. The van der Waals surface area contributed by atoms with Crippen LogP contribution in [-0.2, 0) is 24.2 Å². The van der Waals surface area contributed by atoms with Gasteiger partial charge in [0.2, 0.25) is 0 Å². The van der Waals surface area contributed by atoms with Crippen molar-refractivity contribution in [1.82, 2.24) is 0 Å². The molecule has 0 bridgehead atoms. The van der Waals surface area contributed by atoms with Crippen molar-refractivity contribution in [1.29, 1.82) is 0 Å². The van der Waals surface area contributed by atoms with E-state index < -0.39 is 0 Å². The van der Waals surface area contributed by atoms with Crippen LogP contribution < -0.4 is 24.8 Å². The zero-order valence-corrected chi connectivity index (χ0v) is 30.9. The average molecular weight is 699 g/mol. The van der Waals surface area contributed by atoms with Crippen LogP contribution in [0.4, 0.5) is 0 Å². The van der Waals surface area contributed by atoms with E-state index in [2.05, 4.69) is 151 Å². The second-order valence-corrected chi connectivity index (χ2v) is 12.3. The molecule has 5 aromatic rings. The Balaban J connectivity index is 0.000000226. The number of hydrogen-bond acceptors (Lipinski definition) is 0. The first kappa shape index (κ1) is 37.7. The molecule has 0 aromatic heterocycles. The van der Waals surface area contributed by atoms with Gasteiger partial charge in [0.05, 0.1) is 0 Å². The van der Waals surface area contributed by atoms with Crippen LogP contribution in [0.15, 0.2) is 120 Å². The Morgan fingerprint density at radius 3 is 1.52 bits per heavy atom. The van der Waals surface area contributed by atoms with Crippen molar-refractivity contribution in [2.75, 3.05) is 0 Å². The van der Waals surface area contributed by atoms with Gasteiger partial charge in [-0.05, 0) is 13.8 Å². The second-order valence-electron chi connectivity index (χ2n) is 11.1. The summed E-state index contributed by atoms with van der Waals surface area (Å²) in [5, 5.41) is 5.46. The average Bonchev–Trinajstić information content (AvgIpc) is 3.58. The molecule has 0 N–H and O–H groups in total. The fourth-order valence-corrected chi connectivity index (χ4v) is 6.81. The monoisotopic (exact) mass is 696 g/mol. The van der Waals surface area contributed by atoms with Crippen molar-refractivity contribution < 1.29 is 49.0 Å². The van der Waals surface area contributed by atoms with Crippen molar-refractivity contribution >= 4 is 24.8 Å². The number of rotatable bonds is 6. The predicted octanol–water partition coefficient (Wildman–Crippen LogP) is 5.42. The standard InChI is InChI=1S/C15H13.C13H10.C13H21.2ClH.Zr/c1-10-3-5-14-12(7-10)9-13-8-11(2)4-6-15(13)14;1-3-7-12(8-4-1)11-13-9-5-2-6-10-13;1-5-10-9-11(6-2)13(8-4)12(10)7-3;;;/h3-9H,1-2H3;1-10H;10H,5-8H2,1-4H3;2*1H;/q-1;;-1;;;+2/p-2. The van der Waals surface area contributed by atoms with Gasteiger partial charge >= 0.3 is 99.2 Å². The summed E-state index contributed by atoms with van der Waals surface area (Å²) in [7, 11) is 0. The van der Waals surface area contributed by atoms with Gasteiger partial charge in [-0.2, -0.15) is 11.1 Å². The van der Waals surface area contributed by atoms with Gasteiger partial charge in [-0.1, -0.05) is 94.7 Å². The van der Waals surface area contributed by atoms with Crippen LogP contribution >= 0.6 is 0 Å². The fourth-order valence-electron chi connectivity index (χ4n) is 5.99. The Kier molecular flexibility index (Phi) is 15.9. The normalized spacial score (nSPS) is 13.6. The fraction of sp³-hybridized carbons (Fsp3) is 0.268. The molecular formula is C41H44Cl2Zr-2. The van der Waals surface area contributed by atoms with Crippen molar-refractivity contribution in [3.8, 4) is 0 Å². The Labute approximate surface area is 293 Å². The van der Waals surface area contributed by atoms with Crippen molar-refractivity contribution in [3.05, 3.63) is 148 Å². The van der Waals surface area contributed by atoms with Gasteiger partial charge in [-0.15, -0.1) is 39.7 Å². The molecule has 1 unspecified atom stereocenters. The summed E-state index contributed by atoms with van der Waals surface area (Å²) in [6, 6.07) is 36.7. The van der Waals surface area contributed by atoms with Gasteiger partial charge in [0.1, 0.15) is 0 Å². The third-order valence-electron chi connectivity index (χ3n) is 8.16. The van der Waals surface area contributed by atoms with Crippen LogP contribution in [0.25, 0.3) is 21.5 Å². The summed E-state index contributed by atoms with van der Waals surface area (Å²) in [5.74, 6) is 0.634. The molecule has 44 heavy (non-hydrogen) atoms. The summed E-state index contributed by atoms with van der Waals surface area (Å²) in [4.78, 5) is 0. The van der Waals surface area contributed by atoms with Gasteiger partial charge in [0.25, 0.3) is 0 Å². The van der Waals surface area contributed by atoms with Gasteiger partial charge in [0.15, 0.2) is 0 Å². The van der Waals surface area contributed by atoms with Crippen LogP contribution in [0.2, 0.25) is 0 Å². The van der Waals surface area contributed by atoms with E-state index in [9.17, 15) is 0 Å². The number of allylic oxidation sites excluding steroid dienone is 4. The van der Waals surface area contributed by atoms with Crippen molar-refractivity contribution in [2.24, 2.45) is 5.92 Å². The number of aryl methyl sites for hydroxylation is 2. The number of benzene rings is 4. The third-order valence-corrected chi connectivity index (χ3v) is 9.58. The zero-order chi connectivity index (χ0) is 30.1. The maximum absolute atomic E-state index is 3.63. The van der Waals surface area contributed by atoms with E-state index in [0.29, 0.717) is 5.92 Å². The van der Waals surface area contributed by atoms with Crippen LogP contribution in [0, 0.1) is 25.8 Å². The van der Waals surface area contributed by atoms with E-state index in [4.69, 9.17) is 0 Å². The molecule has 3 heteroatoms. The number of fused-ring (bicyclic) bond motifs is 3. The zero-order valence-electron chi connectivity index (χ0n) is 27.0. The first-order chi connectivity index (χ1) is 20.4. The molecule has 1 aliphatic carbocycles. The van der Waals surface area contributed by atoms with E-state index >= 15 is 0 Å². The summed E-state index contributed by atoms with van der Waals surface area (Å²) in [5.41, 5.74) is 10.1.